The van der Waals surface area contributed by atoms with E-state index in [1.165, 1.54) is 0 Å². The maximum Gasteiger partial charge on any atom is 0.254 e. The van der Waals surface area contributed by atoms with Crippen molar-refractivity contribution >= 4 is 33.4 Å². The molecule has 0 bridgehead atoms. The number of ether oxygens (including phenoxy) is 1. The number of halogens is 2. The van der Waals surface area contributed by atoms with Gasteiger partial charge in [0.15, 0.2) is 0 Å². The fourth-order valence-corrected chi connectivity index (χ4v) is 3.49. The first-order valence-electron chi connectivity index (χ1n) is 6.98. The average molecular weight is 359 g/mol. The van der Waals surface area contributed by atoms with Gasteiger partial charge in [-0.05, 0) is 37.5 Å². The van der Waals surface area contributed by atoms with Crippen molar-refractivity contribution in [2.24, 2.45) is 5.92 Å². The lowest BCUT2D eigenvalue weighted by Crippen LogP contribution is -2.37. The molecule has 1 aliphatic heterocycles. The predicted octanol–water partition coefficient (Wildman–Crippen LogP) is 3.74. The summed E-state index contributed by atoms with van der Waals surface area (Å²) in [5.74, 6) is 0.560. The first-order chi connectivity index (χ1) is 9.63. The van der Waals surface area contributed by atoms with Crippen molar-refractivity contribution in [1.82, 2.24) is 4.90 Å². The lowest BCUT2D eigenvalue weighted by Gasteiger charge is -2.25. The predicted molar refractivity (Wildman–Crippen MR) is 82.1 cm³/mol. The summed E-state index contributed by atoms with van der Waals surface area (Å²) in [5.41, 5.74) is 0.662. The SMILES string of the molecule is O=C(c1cc(Cl)cc(Br)c1)N(CC1CCOC1)C1CC1. The molecular weight excluding hydrogens is 342 g/mol. The smallest absolute Gasteiger partial charge is 0.254 e. The van der Waals surface area contributed by atoms with Gasteiger partial charge in [0.1, 0.15) is 0 Å². The molecule has 2 fully saturated rings. The summed E-state index contributed by atoms with van der Waals surface area (Å²) in [6, 6.07) is 5.79. The molecule has 1 heterocycles. The van der Waals surface area contributed by atoms with Crippen LogP contribution < -0.4 is 0 Å². The molecular formula is C15H17BrClNO2. The highest BCUT2D eigenvalue weighted by atomic mass is 79.9. The maximum atomic E-state index is 12.7. The van der Waals surface area contributed by atoms with Gasteiger partial charge in [0.2, 0.25) is 0 Å². The largest absolute Gasteiger partial charge is 0.381 e. The Morgan fingerprint density at radius 2 is 2.15 bits per heavy atom. The van der Waals surface area contributed by atoms with Crippen LogP contribution in [0.3, 0.4) is 0 Å². The molecule has 0 aromatic heterocycles. The Morgan fingerprint density at radius 1 is 1.35 bits per heavy atom. The molecule has 3 rings (SSSR count). The molecule has 3 nitrogen and oxygen atoms in total. The number of hydrogen-bond donors (Lipinski definition) is 0. The third-order valence-electron chi connectivity index (χ3n) is 3.84. The quantitative estimate of drug-likeness (QED) is 0.820. The Kier molecular flexibility index (Phi) is 4.34. The zero-order valence-corrected chi connectivity index (χ0v) is 13.5. The van der Waals surface area contributed by atoms with Crippen LogP contribution >= 0.6 is 27.5 Å². The van der Waals surface area contributed by atoms with E-state index < -0.39 is 0 Å². The molecule has 2 aliphatic rings. The second-order valence-electron chi connectivity index (χ2n) is 5.58. The summed E-state index contributed by atoms with van der Waals surface area (Å²) in [6.07, 6.45) is 3.28. The van der Waals surface area contributed by atoms with Crippen molar-refractivity contribution < 1.29 is 9.53 Å². The molecule has 1 aromatic rings. The van der Waals surface area contributed by atoms with Crippen LogP contribution in [-0.4, -0.2) is 36.6 Å². The highest BCUT2D eigenvalue weighted by Gasteiger charge is 2.35. The molecule has 1 amide bonds. The molecule has 1 atom stereocenters. The summed E-state index contributed by atoms with van der Waals surface area (Å²) < 4.78 is 6.26. The number of benzene rings is 1. The van der Waals surface area contributed by atoms with Crippen LogP contribution in [-0.2, 0) is 4.74 Å². The van der Waals surface area contributed by atoms with E-state index in [1.54, 1.807) is 12.1 Å². The fourth-order valence-electron chi connectivity index (χ4n) is 2.63. The molecule has 0 N–H and O–H groups in total. The second-order valence-corrected chi connectivity index (χ2v) is 6.93. The zero-order chi connectivity index (χ0) is 14.1. The molecule has 1 aliphatic carbocycles. The number of nitrogens with zero attached hydrogens (tertiary/aromatic N) is 1. The van der Waals surface area contributed by atoms with Crippen LogP contribution in [0.2, 0.25) is 5.02 Å². The number of amides is 1. The van der Waals surface area contributed by atoms with E-state index in [4.69, 9.17) is 16.3 Å². The van der Waals surface area contributed by atoms with E-state index in [1.807, 2.05) is 11.0 Å². The van der Waals surface area contributed by atoms with Crippen LogP contribution in [0, 0.1) is 5.92 Å². The van der Waals surface area contributed by atoms with E-state index in [-0.39, 0.29) is 5.91 Å². The molecule has 0 radical (unpaired) electrons. The van der Waals surface area contributed by atoms with Gasteiger partial charge in [-0.15, -0.1) is 0 Å². The van der Waals surface area contributed by atoms with Crippen LogP contribution in [0.15, 0.2) is 22.7 Å². The number of hydrogen-bond acceptors (Lipinski definition) is 2. The van der Waals surface area contributed by atoms with Crippen LogP contribution in [0.5, 0.6) is 0 Å². The van der Waals surface area contributed by atoms with Crippen molar-refractivity contribution in [3.63, 3.8) is 0 Å². The second kappa shape index (κ2) is 6.04. The summed E-state index contributed by atoms with van der Waals surface area (Å²) in [6.45, 7) is 2.39. The van der Waals surface area contributed by atoms with Crippen LogP contribution in [0.4, 0.5) is 0 Å². The monoisotopic (exact) mass is 357 g/mol. The molecule has 1 saturated carbocycles. The minimum atomic E-state index is 0.0857. The Balaban J connectivity index is 1.77. The number of carbonyl (C=O) groups is 1. The summed E-state index contributed by atoms with van der Waals surface area (Å²) in [7, 11) is 0. The highest BCUT2D eigenvalue weighted by molar-refractivity contribution is 9.10. The van der Waals surface area contributed by atoms with Gasteiger partial charge in [-0.25, -0.2) is 0 Å². The minimum Gasteiger partial charge on any atom is -0.381 e. The van der Waals surface area contributed by atoms with Gasteiger partial charge in [0.25, 0.3) is 5.91 Å². The van der Waals surface area contributed by atoms with Crippen molar-refractivity contribution in [1.29, 1.82) is 0 Å². The van der Waals surface area contributed by atoms with Gasteiger partial charge in [-0.2, -0.15) is 0 Å². The Labute approximate surface area is 132 Å². The Morgan fingerprint density at radius 3 is 2.75 bits per heavy atom. The third kappa shape index (κ3) is 3.35. The highest BCUT2D eigenvalue weighted by Crippen LogP contribution is 2.31. The fraction of sp³-hybridized carbons (Fsp3) is 0.533. The van der Waals surface area contributed by atoms with E-state index in [0.717, 1.165) is 43.5 Å². The number of rotatable bonds is 4. The average Bonchev–Trinajstić information content (AvgIpc) is 3.11. The lowest BCUT2D eigenvalue weighted by molar-refractivity contribution is 0.0706. The van der Waals surface area contributed by atoms with Crippen molar-refractivity contribution in [2.45, 2.75) is 25.3 Å². The topological polar surface area (TPSA) is 29.5 Å². The van der Waals surface area contributed by atoms with Crippen molar-refractivity contribution in [2.75, 3.05) is 19.8 Å². The van der Waals surface area contributed by atoms with Gasteiger partial charge in [-0.3, -0.25) is 4.79 Å². The van der Waals surface area contributed by atoms with E-state index in [0.29, 0.717) is 22.5 Å². The summed E-state index contributed by atoms with van der Waals surface area (Å²) >= 11 is 9.44. The molecule has 108 valence electrons. The molecule has 20 heavy (non-hydrogen) atoms. The minimum absolute atomic E-state index is 0.0857. The molecule has 1 aromatic carbocycles. The van der Waals surface area contributed by atoms with Gasteiger partial charge < -0.3 is 9.64 Å². The number of carbonyl (C=O) groups excluding carboxylic acids is 1. The van der Waals surface area contributed by atoms with Crippen LogP contribution in [0.1, 0.15) is 29.6 Å². The molecule has 1 unspecified atom stereocenters. The van der Waals surface area contributed by atoms with Gasteiger partial charge in [0.05, 0.1) is 6.61 Å². The lowest BCUT2D eigenvalue weighted by atomic mass is 10.1. The summed E-state index contributed by atoms with van der Waals surface area (Å²) in [5, 5.41) is 0.586. The third-order valence-corrected chi connectivity index (χ3v) is 4.51. The molecule has 5 heteroatoms. The standard InChI is InChI=1S/C15H17BrClNO2/c16-12-5-11(6-13(17)7-12)15(19)18(14-1-2-14)8-10-3-4-20-9-10/h5-7,10,14H,1-4,8-9H2. The van der Waals surface area contributed by atoms with Gasteiger partial charge in [-0.1, -0.05) is 27.5 Å². The van der Waals surface area contributed by atoms with Crippen molar-refractivity contribution in [3.8, 4) is 0 Å². The molecule has 1 saturated heterocycles. The normalized spacial score (nSPS) is 22.0. The van der Waals surface area contributed by atoms with E-state index in [9.17, 15) is 4.79 Å². The van der Waals surface area contributed by atoms with Gasteiger partial charge in [0, 0.05) is 40.2 Å². The van der Waals surface area contributed by atoms with Crippen LogP contribution in [0.25, 0.3) is 0 Å². The maximum absolute atomic E-state index is 12.7. The first-order valence-corrected chi connectivity index (χ1v) is 8.15. The summed E-state index contributed by atoms with van der Waals surface area (Å²) in [4.78, 5) is 14.7. The zero-order valence-electron chi connectivity index (χ0n) is 11.1. The Bertz CT molecular complexity index is 492. The van der Waals surface area contributed by atoms with E-state index >= 15 is 0 Å². The van der Waals surface area contributed by atoms with Gasteiger partial charge >= 0.3 is 0 Å². The van der Waals surface area contributed by atoms with Crippen molar-refractivity contribution in [3.05, 3.63) is 33.3 Å². The van der Waals surface area contributed by atoms with E-state index in [2.05, 4.69) is 15.9 Å². The first kappa shape index (κ1) is 14.4. The molecule has 0 spiro atoms. The Hall–Kier alpha value is -0.580.